The summed E-state index contributed by atoms with van der Waals surface area (Å²) in [6, 6.07) is 10.1. The monoisotopic (exact) mass is 477 g/mol. The van der Waals surface area contributed by atoms with Gasteiger partial charge in [0, 0.05) is 30.2 Å². The minimum Gasteiger partial charge on any atom is -0.492 e. The summed E-state index contributed by atoms with van der Waals surface area (Å²) in [6.07, 6.45) is 0.572. The van der Waals surface area contributed by atoms with Crippen LogP contribution in [0.2, 0.25) is 20.1 Å². The van der Waals surface area contributed by atoms with Gasteiger partial charge in [0.2, 0.25) is 11.9 Å². The molecular weight excluding hydrogens is 460 g/mol. The Labute approximate surface area is 188 Å². The smallest absolute Gasteiger partial charge is 0.245 e. The minimum absolute atomic E-state index is 0.140. The third kappa shape index (κ3) is 8.16. The number of ether oxygens (including phenoxy) is 1. The number of guanidine groups is 2. The van der Waals surface area contributed by atoms with Crippen LogP contribution in [0.5, 0.6) is 5.75 Å². The van der Waals surface area contributed by atoms with E-state index in [1.165, 1.54) is 6.07 Å². The van der Waals surface area contributed by atoms with Gasteiger partial charge in [-0.3, -0.25) is 9.83 Å². The average molecular weight is 479 g/mol. The molecule has 0 bridgehead atoms. The molecule has 0 amide bonds. The van der Waals surface area contributed by atoms with Crippen molar-refractivity contribution >= 4 is 64.0 Å². The van der Waals surface area contributed by atoms with Crippen LogP contribution in [0, 0.1) is 0 Å². The van der Waals surface area contributed by atoms with E-state index in [4.69, 9.17) is 61.7 Å². The van der Waals surface area contributed by atoms with Crippen LogP contribution in [0.4, 0.5) is 5.69 Å². The van der Waals surface area contributed by atoms with Gasteiger partial charge < -0.3 is 15.8 Å². The van der Waals surface area contributed by atoms with Gasteiger partial charge in [-0.2, -0.15) is 4.99 Å². The molecule has 7 nitrogen and oxygen atoms in total. The molecule has 0 spiro atoms. The number of benzene rings is 2. The predicted molar refractivity (Wildman–Crippen MR) is 121 cm³/mol. The van der Waals surface area contributed by atoms with E-state index in [1.54, 1.807) is 37.4 Å². The summed E-state index contributed by atoms with van der Waals surface area (Å²) in [7, 11) is 1.56. The lowest BCUT2D eigenvalue weighted by atomic mass is 10.3. The molecule has 2 aromatic rings. The standard InChI is InChI=1S/C18H19Cl4N5O2/c1-24-18(26-17(23)25-12-5-3-11(19)4-6-12)27-29-8-2-7-28-16-10-14(21)13(20)9-15(16)22/h3-6,9-10H,2,7-8H2,1H3,(H4,23,24,25,26,27). The molecule has 11 heteroatoms. The first-order chi connectivity index (χ1) is 13.9. The highest BCUT2D eigenvalue weighted by atomic mass is 35.5. The van der Waals surface area contributed by atoms with Crippen molar-refractivity contribution in [2.45, 2.75) is 6.42 Å². The van der Waals surface area contributed by atoms with Crippen LogP contribution in [0.3, 0.4) is 0 Å². The Bertz CT molecular complexity index is 875. The van der Waals surface area contributed by atoms with Crippen LogP contribution in [0.15, 0.2) is 46.4 Å². The maximum Gasteiger partial charge on any atom is 0.245 e. The first-order valence-electron chi connectivity index (χ1n) is 8.37. The number of halogens is 4. The first kappa shape index (κ1) is 23.4. The minimum atomic E-state index is 0.140. The summed E-state index contributed by atoms with van der Waals surface area (Å²) in [4.78, 5) is 13.4. The molecule has 29 heavy (non-hydrogen) atoms. The SMILES string of the molecule is CN=C(N=C(N)Nc1ccc(Cl)cc1)NOCCCOc1cc(Cl)c(Cl)cc1Cl. The summed E-state index contributed by atoms with van der Waals surface area (Å²) < 4.78 is 5.57. The molecule has 2 aromatic carbocycles. The van der Waals surface area contributed by atoms with Crippen molar-refractivity contribution < 1.29 is 9.57 Å². The van der Waals surface area contributed by atoms with Gasteiger partial charge in [-0.15, -0.1) is 0 Å². The number of hydroxylamine groups is 1. The summed E-state index contributed by atoms with van der Waals surface area (Å²) >= 11 is 23.7. The first-order valence-corrected chi connectivity index (χ1v) is 9.89. The topological polar surface area (TPSA) is 93.3 Å². The van der Waals surface area contributed by atoms with E-state index in [0.717, 1.165) is 5.69 Å². The van der Waals surface area contributed by atoms with E-state index >= 15 is 0 Å². The van der Waals surface area contributed by atoms with Crippen molar-refractivity contribution in [3.05, 3.63) is 56.5 Å². The van der Waals surface area contributed by atoms with E-state index in [9.17, 15) is 0 Å². The molecule has 0 unspecified atom stereocenters. The summed E-state index contributed by atoms with van der Waals surface area (Å²) in [5, 5.41) is 4.67. The largest absolute Gasteiger partial charge is 0.492 e. The van der Waals surface area contributed by atoms with Crippen molar-refractivity contribution in [2.24, 2.45) is 15.7 Å². The van der Waals surface area contributed by atoms with Crippen LogP contribution in [0.25, 0.3) is 0 Å². The van der Waals surface area contributed by atoms with Crippen molar-refractivity contribution in [1.29, 1.82) is 0 Å². The van der Waals surface area contributed by atoms with Crippen LogP contribution in [0.1, 0.15) is 6.42 Å². The Hall–Kier alpha value is -1.90. The lowest BCUT2D eigenvalue weighted by Gasteiger charge is -2.10. The number of aliphatic imine (C=N–C) groups is 2. The average Bonchev–Trinajstić information content (AvgIpc) is 2.69. The number of hydrogen-bond acceptors (Lipinski definition) is 3. The highest BCUT2D eigenvalue weighted by molar-refractivity contribution is 6.43. The van der Waals surface area contributed by atoms with E-state index in [2.05, 4.69) is 20.8 Å². The van der Waals surface area contributed by atoms with Crippen LogP contribution in [-0.2, 0) is 4.84 Å². The molecule has 0 fully saturated rings. The lowest BCUT2D eigenvalue weighted by Crippen LogP contribution is -2.29. The molecule has 4 N–H and O–H groups in total. The quantitative estimate of drug-likeness (QED) is 0.171. The zero-order chi connectivity index (χ0) is 21.2. The zero-order valence-corrected chi connectivity index (χ0v) is 18.4. The summed E-state index contributed by atoms with van der Waals surface area (Å²) in [6.45, 7) is 0.694. The number of nitrogens with two attached hydrogens (primary N) is 1. The fourth-order valence-corrected chi connectivity index (χ4v) is 2.70. The zero-order valence-electron chi connectivity index (χ0n) is 15.4. The molecule has 0 radical (unpaired) electrons. The number of nitrogens with zero attached hydrogens (tertiary/aromatic N) is 2. The predicted octanol–water partition coefficient (Wildman–Crippen LogP) is 5.00. The maximum atomic E-state index is 6.05. The number of hydrogen-bond donors (Lipinski definition) is 3. The Balaban J connectivity index is 1.71. The van der Waals surface area contributed by atoms with Gasteiger partial charge in [0.05, 0.1) is 28.3 Å². The molecule has 0 aliphatic heterocycles. The van der Waals surface area contributed by atoms with E-state index in [-0.39, 0.29) is 11.9 Å². The van der Waals surface area contributed by atoms with Crippen LogP contribution < -0.4 is 21.3 Å². The fraction of sp³-hybridized carbons (Fsp3) is 0.222. The Morgan fingerprint density at radius 1 is 1.00 bits per heavy atom. The summed E-state index contributed by atoms with van der Waals surface area (Å²) in [5.74, 6) is 0.800. The lowest BCUT2D eigenvalue weighted by molar-refractivity contribution is 0.0738. The van der Waals surface area contributed by atoms with Crippen molar-refractivity contribution in [2.75, 3.05) is 25.6 Å². The van der Waals surface area contributed by atoms with Crippen LogP contribution in [-0.4, -0.2) is 32.2 Å². The second kappa shape index (κ2) is 11.9. The highest BCUT2D eigenvalue weighted by Crippen LogP contribution is 2.33. The van der Waals surface area contributed by atoms with E-state index in [0.29, 0.717) is 45.5 Å². The maximum absolute atomic E-state index is 6.05. The Kier molecular flexibility index (Phi) is 9.63. The van der Waals surface area contributed by atoms with E-state index < -0.39 is 0 Å². The Morgan fingerprint density at radius 2 is 1.69 bits per heavy atom. The molecule has 0 aliphatic rings. The van der Waals surface area contributed by atoms with Crippen molar-refractivity contribution in [1.82, 2.24) is 5.48 Å². The van der Waals surface area contributed by atoms with Gasteiger partial charge >= 0.3 is 0 Å². The molecule has 2 rings (SSSR count). The van der Waals surface area contributed by atoms with E-state index in [1.807, 2.05) is 0 Å². The number of anilines is 1. The third-order valence-corrected chi connectivity index (χ3v) is 4.61. The summed E-state index contributed by atoms with van der Waals surface area (Å²) in [5.41, 5.74) is 9.21. The highest BCUT2D eigenvalue weighted by Gasteiger charge is 2.07. The molecule has 0 aliphatic carbocycles. The molecule has 0 heterocycles. The second-order valence-corrected chi connectivity index (χ2v) is 7.18. The number of nitrogens with one attached hydrogen (secondary N) is 2. The van der Waals surface area contributed by atoms with Crippen molar-refractivity contribution in [3.63, 3.8) is 0 Å². The van der Waals surface area contributed by atoms with Gasteiger partial charge in [0.15, 0.2) is 0 Å². The molecule has 0 saturated heterocycles. The van der Waals surface area contributed by atoms with Crippen molar-refractivity contribution in [3.8, 4) is 5.75 Å². The molecule has 156 valence electrons. The van der Waals surface area contributed by atoms with Gasteiger partial charge in [-0.05, 0) is 30.3 Å². The fourth-order valence-electron chi connectivity index (χ4n) is 1.99. The van der Waals surface area contributed by atoms with Gasteiger partial charge in [-0.1, -0.05) is 46.4 Å². The van der Waals surface area contributed by atoms with Gasteiger partial charge in [0.1, 0.15) is 5.75 Å². The molecule has 0 saturated carbocycles. The Morgan fingerprint density at radius 3 is 2.38 bits per heavy atom. The number of rotatable bonds is 7. The van der Waals surface area contributed by atoms with Crippen LogP contribution >= 0.6 is 46.4 Å². The molecule has 0 atom stereocenters. The third-order valence-electron chi connectivity index (χ3n) is 3.34. The second-order valence-electron chi connectivity index (χ2n) is 5.53. The molecule has 0 aromatic heterocycles. The van der Waals surface area contributed by atoms with Gasteiger partial charge in [-0.25, -0.2) is 5.48 Å². The van der Waals surface area contributed by atoms with Gasteiger partial charge in [0.25, 0.3) is 0 Å². The normalized spacial score (nSPS) is 12.0. The molecular formula is C18H19Cl4N5O2.